The van der Waals surface area contributed by atoms with Crippen molar-refractivity contribution >= 4 is 52.1 Å². The SMILES string of the molecule is O=C(Nc1ccc(NCC(O)CCl)cc1)c1ccc(Cl)cc1Cl. The van der Waals surface area contributed by atoms with Gasteiger partial charge in [-0.3, -0.25) is 4.79 Å². The van der Waals surface area contributed by atoms with Gasteiger partial charge in [0.25, 0.3) is 5.91 Å². The quantitative estimate of drug-likeness (QED) is 0.663. The summed E-state index contributed by atoms with van der Waals surface area (Å²) in [6.07, 6.45) is -0.608. The number of aliphatic hydroxyl groups is 1. The van der Waals surface area contributed by atoms with Gasteiger partial charge in [-0.25, -0.2) is 0 Å². The molecule has 0 heterocycles. The van der Waals surface area contributed by atoms with E-state index in [1.54, 1.807) is 36.4 Å². The van der Waals surface area contributed by atoms with Crippen molar-refractivity contribution in [3.63, 3.8) is 0 Å². The highest BCUT2D eigenvalue weighted by Crippen LogP contribution is 2.22. The fourth-order valence-electron chi connectivity index (χ4n) is 1.83. The largest absolute Gasteiger partial charge is 0.390 e. The zero-order valence-electron chi connectivity index (χ0n) is 12.0. The molecule has 0 saturated heterocycles. The number of rotatable bonds is 6. The molecule has 0 aliphatic heterocycles. The minimum atomic E-state index is -0.608. The number of carbonyl (C=O) groups is 1. The number of carbonyl (C=O) groups excluding carboxylic acids is 1. The van der Waals surface area contributed by atoms with Gasteiger partial charge in [0.1, 0.15) is 0 Å². The molecule has 2 aromatic rings. The van der Waals surface area contributed by atoms with Crippen LogP contribution < -0.4 is 10.6 Å². The summed E-state index contributed by atoms with van der Waals surface area (Å²) >= 11 is 17.3. The molecule has 122 valence electrons. The third-order valence-corrected chi connectivity index (χ3v) is 3.94. The van der Waals surface area contributed by atoms with Crippen LogP contribution in [0, 0.1) is 0 Å². The molecule has 0 aromatic heterocycles. The van der Waals surface area contributed by atoms with Crippen LogP contribution in [-0.4, -0.2) is 29.5 Å². The summed E-state index contributed by atoms with van der Waals surface area (Å²) < 4.78 is 0. The second-order valence-corrected chi connectivity index (χ2v) is 6.00. The molecule has 1 amide bonds. The number of aliphatic hydroxyl groups excluding tert-OH is 1. The van der Waals surface area contributed by atoms with Gasteiger partial charge < -0.3 is 15.7 Å². The van der Waals surface area contributed by atoms with Crippen LogP contribution in [0.15, 0.2) is 42.5 Å². The first-order valence-corrected chi connectivity index (χ1v) is 8.13. The Morgan fingerprint density at radius 3 is 2.35 bits per heavy atom. The highest BCUT2D eigenvalue weighted by Gasteiger charge is 2.11. The van der Waals surface area contributed by atoms with E-state index < -0.39 is 6.10 Å². The van der Waals surface area contributed by atoms with E-state index in [1.165, 1.54) is 6.07 Å². The number of hydrogen-bond donors (Lipinski definition) is 3. The lowest BCUT2D eigenvalue weighted by Gasteiger charge is -2.11. The first-order valence-electron chi connectivity index (χ1n) is 6.84. The van der Waals surface area contributed by atoms with Gasteiger partial charge in [-0.15, -0.1) is 11.6 Å². The van der Waals surface area contributed by atoms with Gasteiger partial charge in [-0.2, -0.15) is 0 Å². The van der Waals surface area contributed by atoms with Crippen LogP contribution in [0.3, 0.4) is 0 Å². The van der Waals surface area contributed by atoms with E-state index in [-0.39, 0.29) is 11.8 Å². The second-order valence-electron chi connectivity index (χ2n) is 4.84. The third-order valence-electron chi connectivity index (χ3n) is 3.04. The van der Waals surface area contributed by atoms with Crippen LogP contribution in [0.1, 0.15) is 10.4 Å². The van der Waals surface area contributed by atoms with Crippen molar-refractivity contribution in [3.8, 4) is 0 Å². The van der Waals surface area contributed by atoms with Crippen molar-refractivity contribution in [2.24, 2.45) is 0 Å². The third kappa shape index (κ3) is 5.29. The summed E-state index contributed by atoms with van der Waals surface area (Å²) in [5.74, 6) is -0.145. The molecule has 2 rings (SSSR count). The summed E-state index contributed by atoms with van der Waals surface area (Å²) in [5.41, 5.74) is 1.80. The lowest BCUT2D eigenvalue weighted by atomic mass is 10.2. The Labute approximate surface area is 149 Å². The van der Waals surface area contributed by atoms with Crippen LogP contribution >= 0.6 is 34.8 Å². The van der Waals surface area contributed by atoms with Crippen molar-refractivity contribution in [2.75, 3.05) is 23.1 Å². The van der Waals surface area contributed by atoms with Gasteiger partial charge in [0, 0.05) is 22.9 Å². The van der Waals surface area contributed by atoms with Crippen molar-refractivity contribution in [1.29, 1.82) is 0 Å². The van der Waals surface area contributed by atoms with E-state index in [9.17, 15) is 9.90 Å². The van der Waals surface area contributed by atoms with Gasteiger partial charge >= 0.3 is 0 Å². The summed E-state index contributed by atoms with van der Waals surface area (Å²) in [6, 6.07) is 11.8. The van der Waals surface area contributed by atoms with Crippen molar-refractivity contribution in [3.05, 3.63) is 58.1 Å². The number of anilines is 2. The molecule has 0 radical (unpaired) electrons. The molecule has 3 N–H and O–H groups in total. The van der Waals surface area contributed by atoms with Crippen LogP contribution in [-0.2, 0) is 0 Å². The predicted octanol–water partition coefficient (Wildman–Crippen LogP) is 4.26. The van der Waals surface area contributed by atoms with E-state index >= 15 is 0 Å². The van der Waals surface area contributed by atoms with E-state index in [4.69, 9.17) is 34.8 Å². The summed E-state index contributed by atoms with van der Waals surface area (Å²) in [7, 11) is 0. The average Bonchev–Trinajstić information content (AvgIpc) is 2.53. The van der Waals surface area contributed by atoms with Gasteiger partial charge in [0.2, 0.25) is 0 Å². The Morgan fingerprint density at radius 2 is 1.74 bits per heavy atom. The Balaban J connectivity index is 1.99. The monoisotopic (exact) mass is 372 g/mol. The minimum absolute atomic E-state index is 0.170. The topological polar surface area (TPSA) is 61.4 Å². The molecule has 0 saturated carbocycles. The lowest BCUT2D eigenvalue weighted by molar-refractivity contribution is 0.102. The highest BCUT2D eigenvalue weighted by molar-refractivity contribution is 6.37. The smallest absolute Gasteiger partial charge is 0.257 e. The van der Waals surface area contributed by atoms with Gasteiger partial charge in [0.15, 0.2) is 0 Å². The first-order chi connectivity index (χ1) is 11.0. The summed E-state index contributed by atoms with van der Waals surface area (Å²) in [4.78, 5) is 12.2. The Bertz CT molecular complexity index is 678. The molecule has 0 fully saturated rings. The number of benzene rings is 2. The summed E-state index contributed by atoms with van der Waals surface area (Å²) in [6.45, 7) is 0.357. The van der Waals surface area contributed by atoms with Crippen molar-refractivity contribution in [1.82, 2.24) is 0 Å². The molecular formula is C16H15Cl3N2O2. The number of alkyl halides is 1. The molecule has 0 bridgehead atoms. The van der Waals surface area contributed by atoms with Crippen molar-refractivity contribution < 1.29 is 9.90 Å². The first kappa shape index (κ1) is 17.9. The maximum Gasteiger partial charge on any atom is 0.257 e. The molecule has 0 spiro atoms. The number of halogens is 3. The normalized spacial score (nSPS) is 11.8. The van der Waals surface area contributed by atoms with Gasteiger partial charge in [-0.1, -0.05) is 23.2 Å². The zero-order valence-corrected chi connectivity index (χ0v) is 14.3. The summed E-state index contributed by atoms with van der Waals surface area (Å²) in [5, 5.41) is 16.0. The van der Waals surface area contributed by atoms with Crippen LogP contribution in [0.25, 0.3) is 0 Å². The Morgan fingerprint density at radius 1 is 1.09 bits per heavy atom. The van der Waals surface area contributed by atoms with Gasteiger partial charge in [0.05, 0.1) is 22.6 Å². The van der Waals surface area contributed by atoms with E-state index in [2.05, 4.69) is 10.6 Å². The van der Waals surface area contributed by atoms with Crippen LogP contribution in [0.4, 0.5) is 11.4 Å². The average molecular weight is 374 g/mol. The maximum absolute atomic E-state index is 12.2. The molecule has 4 nitrogen and oxygen atoms in total. The molecule has 1 atom stereocenters. The fraction of sp³-hybridized carbons (Fsp3) is 0.188. The second kappa shape index (κ2) is 8.41. The molecule has 23 heavy (non-hydrogen) atoms. The lowest BCUT2D eigenvalue weighted by Crippen LogP contribution is -2.20. The molecule has 0 aliphatic carbocycles. The van der Waals surface area contributed by atoms with Crippen LogP contribution in [0.2, 0.25) is 10.0 Å². The molecule has 7 heteroatoms. The molecular weight excluding hydrogens is 359 g/mol. The van der Waals surface area contributed by atoms with E-state index in [1.807, 2.05) is 0 Å². The maximum atomic E-state index is 12.2. The number of nitrogens with one attached hydrogen (secondary N) is 2. The Kier molecular flexibility index (Phi) is 6.54. The van der Waals surface area contributed by atoms with Crippen molar-refractivity contribution in [2.45, 2.75) is 6.10 Å². The number of amides is 1. The standard InChI is InChI=1S/C16H15Cl3N2O2/c17-8-13(22)9-20-11-2-4-12(5-3-11)21-16(23)14-6-1-10(18)7-15(14)19/h1-7,13,20,22H,8-9H2,(H,21,23). The van der Waals surface area contributed by atoms with Crippen LogP contribution in [0.5, 0.6) is 0 Å². The zero-order chi connectivity index (χ0) is 16.8. The number of hydrogen-bond acceptors (Lipinski definition) is 3. The molecule has 2 aromatic carbocycles. The Hall–Kier alpha value is -1.46. The highest BCUT2D eigenvalue weighted by atomic mass is 35.5. The van der Waals surface area contributed by atoms with E-state index in [0.29, 0.717) is 27.8 Å². The van der Waals surface area contributed by atoms with Gasteiger partial charge in [-0.05, 0) is 42.5 Å². The minimum Gasteiger partial charge on any atom is -0.390 e. The fourth-order valence-corrected chi connectivity index (χ4v) is 2.44. The van der Waals surface area contributed by atoms with E-state index in [0.717, 1.165) is 5.69 Å². The molecule has 1 unspecified atom stereocenters. The predicted molar refractivity (Wildman–Crippen MR) is 96.1 cm³/mol. The molecule has 0 aliphatic rings.